The van der Waals surface area contributed by atoms with Crippen molar-refractivity contribution in [3.63, 3.8) is 0 Å². The van der Waals surface area contributed by atoms with E-state index in [1.807, 2.05) is 0 Å². The van der Waals surface area contributed by atoms with Crippen LogP contribution in [0.5, 0.6) is 0 Å². The summed E-state index contributed by atoms with van der Waals surface area (Å²) in [5.74, 6) is 0. The maximum absolute atomic E-state index is 4.93. The molecule has 0 saturated heterocycles. The molecule has 0 fully saturated rings. The molecule has 0 bridgehead atoms. The van der Waals surface area contributed by atoms with E-state index < -0.39 is 0 Å². The smallest absolute Gasteiger partial charge is 0.423 e. The van der Waals surface area contributed by atoms with E-state index in [0.29, 0.717) is 15.6 Å². The van der Waals surface area contributed by atoms with Crippen molar-refractivity contribution in [3.05, 3.63) is 0 Å². The average Bonchev–Trinajstić information content (AvgIpc) is 1.69. The quantitative estimate of drug-likeness (QED) is 0.398. The molecule has 0 aromatic carbocycles. The molecular weight excluding hydrogens is 103 g/mol. The lowest BCUT2D eigenvalue weighted by molar-refractivity contribution is 0.439. The molecule has 7 heavy (non-hydrogen) atoms. The zero-order valence-corrected chi connectivity index (χ0v) is 6.26. The molecule has 0 saturated carbocycles. The van der Waals surface area contributed by atoms with Crippen LogP contribution >= 0.6 is 0 Å². The van der Waals surface area contributed by atoms with Crippen molar-refractivity contribution in [1.82, 2.24) is 0 Å². The summed E-state index contributed by atoms with van der Waals surface area (Å²) in [5, 5.41) is 1.30. The van der Waals surface area contributed by atoms with E-state index in [1.54, 1.807) is 7.11 Å². The molecule has 2 heteroatoms. The highest BCUT2D eigenvalue weighted by Crippen LogP contribution is 1.91. The Morgan fingerprint density at radius 3 is 2.71 bits per heavy atom. The Hall–Kier alpha value is 0.492. The minimum Gasteiger partial charge on any atom is -0.509 e. The minimum atomic E-state index is 0.316. The largest absolute Gasteiger partial charge is 0.509 e. The Balaban J connectivity index is 2.45. The third-order valence-corrected chi connectivity index (χ3v) is 1.82. The number of hydrogen-bond donors (Lipinski definition) is 0. The van der Waals surface area contributed by atoms with Crippen LogP contribution < -0.4 is 0 Å². The van der Waals surface area contributed by atoms with Gasteiger partial charge in [-0.1, -0.05) is 25.0 Å². The van der Waals surface area contributed by atoms with E-state index >= 15 is 0 Å². The van der Waals surface area contributed by atoms with Crippen molar-refractivity contribution in [2.24, 2.45) is 0 Å². The molecule has 0 aliphatic carbocycles. The molecule has 0 rings (SSSR count). The van der Waals surface area contributed by atoms with Crippen LogP contribution in [0.3, 0.4) is 0 Å². The SMILES string of the molecule is CCC[CH2][Al][O]C. The van der Waals surface area contributed by atoms with Gasteiger partial charge in [0.1, 0.15) is 0 Å². The van der Waals surface area contributed by atoms with Crippen molar-refractivity contribution in [3.8, 4) is 0 Å². The normalized spacial score (nSPS) is 8.86. The maximum Gasteiger partial charge on any atom is 0.423 e. The van der Waals surface area contributed by atoms with Gasteiger partial charge in [-0.05, 0) is 0 Å². The van der Waals surface area contributed by atoms with E-state index in [4.69, 9.17) is 3.79 Å². The highest BCUT2D eigenvalue weighted by Gasteiger charge is 1.87. The molecule has 0 aromatic rings. The maximum atomic E-state index is 4.93. The Morgan fingerprint density at radius 1 is 1.57 bits per heavy atom. The number of hydrogen-bond acceptors (Lipinski definition) is 1. The molecule has 0 unspecified atom stereocenters. The number of rotatable bonds is 4. The molecule has 0 N–H and O–H groups in total. The third kappa shape index (κ3) is 6.49. The Kier molecular flexibility index (Phi) is 6.95. The second-order valence-corrected chi connectivity index (χ2v) is 2.93. The van der Waals surface area contributed by atoms with Crippen LogP contribution in [-0.4, -0.2) is 22.7 Å². The van der Waals surface area contributed by atoms with Gasteiger partial charge in [-0.15, -0.1) is 0 Å². The van der Waals surface area contributed by atoms with Gasteiger partial charge in [0, 0.05) is 7.11 Å². The summed E-state index contributed by atoms with van der Waals surface area (Å²) in [6, 6.07) is 0. The summed E-state index contributed by atoms with van der Waals surface area (Å²) >= 11 is 0.316. The number of unbranched alkanes of at least 4 members (excludes halogenated alkanes) is 1. The summed E-state index contributed by atoms with van der Waals surface area (Å²) in [5.41, 5.74) is 0. The minimum absolute atomic E-state index is 0.316. The van der Waals surface area contributed by atoms with E-state index in [1.165, 1.54) is 18.1 Å². The van der Waals surface area contributed by atoms with Gasteiger partial charge in [0.05, 0.1) is 0 Å². The average molecular weight is 115 g/mol. The van der Waals surface area contributed by atoms with E-state index in [2.05, 4.69) is 6.92 Å². The fraction of sp³-hybridized carbons (Fsp3) is 1.00. The molecule has 0 aromatic heterocycles. The van der Waals surface area contributed by atoms with Crippen molar-refractivity contribution < 1.29 is 3.79 Å². The zero-order valence-electron chi connectivity index (χ0n) is 5.11. The Bertz CT molecular complexity index is 27.3. The molecule has 0 heterocycles. The van der Waals surface area contributed by atoms with Crippen molar-refractivity contribution >= 4 is 15.6 Å². The lowest BCUT2D eigenvalue weighted by atomic mass is 10.4. The van der Waals surface area contributed by atoms with Crippen molar-refractivity contribution in [2.75, 3.05) is 7.11 Å². The first-order chi connectivity index (χ1) is 3.41. The summed E-state index contributed by atoms with van der Waals surface area (Å²) in [4.78, 5) is 0. The van der Waals surface area contributed by atoms with Gasteiger partial charge in [-0.3, -0.25) is 0 Å². The van der Waals surface area contributed by atoms with Crippen LogP contribution in [0.2, 0.25) is 5.28 Å². The van der Waals surface area contributed by atoms with Crippen LogP contribution in [0.4, 0.5) is 0 Å². The van der Waals surface area contributed by atoms with E-state index in [-0.39, 0.29) is 0 Å². The van der Waals surface area contributed by atoms with Gasteiger partial charge in [-0.2, -0.15) is 0 Å². The van der Waals surface area contributed by atoms with Crippen molar-refractivity contribution in [2.45, 2.75) is 25.0 Å². The lowest BCUT2D eigenvalue weighted by Crippen LogP contribution is -1.90. The standard InChI is InChI=1S/C4H9.CH3O.Al/c1-3-4-2;1-2;/h1,3-4H2,2H3;1H3;/q;-1;+1. The van der Waals surface area contributed by atoms with Crippen LogP contribution in [0.15, 0.2) is 0 Å². The topological polar surface area (TPSA) is 9.23 Å². The van der Waals surface area contributed by atoms with Gasteiger partial charge < -0.3 is 3.79 Å². The molecule has 0 atom stereocenters. The molecule has 0 aliphatic rings. The Morgan fingerprint density at radius 2 is 2.29 bits per heavy atom. The van der Waals surface area contributed by atoms with Crippen LogP contribution in [0, 0.1) is 0 Å². The second-order valence-electron chi connectivity index (χ2n) is 1.54. The van der Waals surface area contributed by atoms with Gasteiger partial charge >= 0.3 is 15.6 Å². The van der Waals surface area contributed by atoms with Gasteiger partial charge in [-0.25, -0.2) is 0 Å². The molecule has 1 radical (unpaired) electrons. The highest BCUT2D eigenvalue weighted by atomic mass is 27.1. The van der Waals surface area contributed by atoms with Gasteiger partial charge in [0.15, 0.2) is 0 Å². The summed E-state index contributed by atoms with van der Waals surface area (Å²) in [7, 11) is 1.78. The lowest BCUT2D eigenvalue weighted by Gasteiger charge is -1.89. The van der Waals surface area contributed by atoms with Crippen LogP contribution in [0.1, 0.15) is 19.8 Å². The van der Waals surface area contributed by atoms with Gasteiger partial charge in [0.25, 0.3) is 0 Å². The van der Waals surface area contributed by atoms with Gasteiger partial charge in [0.2, 0.25) is 0 Å². The molecule has 0 aliphatic heterocycles. The molecule has 1 nitrogen and oxygen atoms in total. The summed E-state index contributed by atoms with van der Waals surface area (Å²) in [6.07, 6.45) is 2.64. The van der Waals surface area contributed by atoms with Crippen molar-refractivity contribution in [1.29, 1.82) is 0 Å². The molecule has 41 valence electrons. The zero-order chi connectivity index (χ0) is 5.54. The summed E-state index contributed by atoms with van der Waals surface area (Å²) < 4.78 is 4.93. The fourth-order valence-electron chi connectivity index (χ4n) is 0.405. The Labute approximate surface area is 52.1 Å². The first kappa shape index (κ1) is 7.49. The predicted octanol–water partition coefficient (Wildman–Crippen LogP) is 1.47. The molecule has 0 amide bonds. The highest BCUT2D eigenvalue weighted by molar-refractivity contribution is 6.26. The van der Waals surface area contributed by atoms with E-state index in [0.717, 1.165) is 0 Å². The van der Waals surface area contributed by atoms with Crippen LogP contribution in [-0.2, 0) is 3.79 Å². The first-order valence-electron chi connectivity index (χ1n) is 2.76. The second kappa shape index (κ2) is 6.49. The first-order valence-corrected chi connectivity index (χ1v) is 4.05. The van der Waals surface area contributed by atoms with Crippen LogP contribution in [0.25, 0.3) is 0 Å². The molecular formula is C5H12AlO. The summed E-state index contributed by atoms with van der Waals surface area (Å²) in [6.45, 7) is 2.20. The molecule has 0 spiro atoms. The monoisotopic (exact) mass is 115 g/mol. The predicted molar refractivity (Wildman–Crippen MR) is 32.5 cm³/mol. The van der Waals surface area contributed by atoms with E-state index in [9.17, 15) is 0 Å². The third-order valence-electron chi connectivity index (χ3n) is 0.842. The fourth-order valence-corrected chi connectivity index (χ4v) is 1.22.